The van der Waals surface area contributed by atoms with Crippen LogP contribution in [0.5, 0.6) is 0 Å². The van der Waals surface area contributed by atoms with Gasteiger partial charge in [0.25, 0.3) is 0 Å². The molecular formula is C14H23NO4. The summed E-state index contributed by atoms with van der Waals surface area (Å²) in [4.78, 5) is 14.0. The predicted molar refractivity (Wildman–Crippen MR) is 70.5 cm³/mol. The molecule has 0 unspecified atom stereocenters. The van der Waals surface area contributed by atoms with E-state index in [9.17, 15) is 15.0 Å². The second-order valence-corrected chi connectivity index (χ2v) is 5.95. The molecule has 0 aromatic rings. The lowest BCUT2D eigenvalue weighted by molar-refractivity contribution is -0.167. The third kappa shape index (κ3) is 2.68. The van der Waals surface area contributed by atoms with Crippen LogP contribution >= 0.6 is 0 Å². The van der Waals surface area contributed by atoms with Crippen molar-refractivity contribution in [3.8, 4) is 0 Å². The Morgan fingerprint density at radius 3 is 2.95 bits per heavy atom. The Kier molecular flexibility index (Phi) is 3.99. The molecule has 0 radical (unpaired) electrons. The zero-order valence-electron chi connectivity index (χ0n) is 11.8. The number of rotatable bonds is 4. The fourth-order valence-electron chi connectivity index (χ4n) is 2.56. The van der Waals surface area contributed by atoms with Gasteiger partial charge in [-0.05, 0) is 24.8 Å². The summed E-state index contributed by atoms with van der Waals surface area (Å²) in [6.07, 6.45) is 2.39. The van der Waals surface area contributed by atoms with E-state index in [-0.39, 0.29) is 24.7 Å². The molecule has 0 aliphatic carbocycles. The maximum absolute atomic E-state index is 11.9. The molecule has 2 aliphatic rings. The Bertz CT molecular complexity index is 389. The van der Waals surface area contributed by atoms with E-state index >= 15 is 0 Å². The number of hydrogen-bond donors (Lipinski definition) is 2. The first-order valence-electron chi connectivity index (χ1n) is 6.84. The summed E-state index contributed by atoms with van der Waals surface area (Å²) in [7, 11) is 0. The molecule has 108 valence electrons. The second-order valence-electron chi connectivity index (χ2n) is 5.95. The SMILES string of the molecule is CC(C)[C@](C)(O)C(=O)OCC1=CCN2CC[C@H](O)[C@H]12. The van der Waals surface area contributed by atoms with Crippen LogP contribution in [-0.4, -0.2) is 58.5 Å². The van der Waals surface area contributed by atoms with Crippen molar-refractivity contribution in [1.82, 2.24) is 4.90 Å². The highest BCUT2D eigenvalue weighted by Gasteiger charge is 2.40. The summed E-state index contributed by atoms with van der Waals surface area (Å²) in [6.45, 7) is 6.86. The molecule has 5 nitrogen and oxygen atoms in total. The number of fused-ring (bicyclic) bond motifs is 1. The van der Waals surface area contributed by atoms with Crippen molar-refractivity contribution in [3.63, 3.8) is 0 Å². The first kappa shape index (κ1) is 14.5. The molecule has 0 spiro atoms. The fraction of sp³-hybridized carbons (Fsp3) is 0.786. The minimum Gasteiger partial charge on any atom is -0.459 e. The second kappa shape index (κ2) is 5.23. The van der Waals surface area contributed by atoms with E-state index in [2.05, 4.69) is 4.90 Å². The standard InChI is InChI=1S/C14H23NO4/c1-9(2)14(3,18)13(17)19-8-10-4-6-15-7-5-11(16)12(10)15/h4,9,11-12,16,18H,5-8H2,1-3H3/t11-,12-,14-/m0/s1. The molecule has 1 saturated heterocycles. The zero-order valence-corrected chi connectivity index (χ0v) is 11.8. The van der Waals surface area contributed by atoms with Crippen LogP contribution in [0.2, 0.25) is 0 Å². The first-order valence-corrected chi connectivity index (χ1v) is 6.84. The topological polar surface area (TPSA) is 70.0 Å². The largest absolute Gasteiger partial charge is 0.459 e. The molecule has 2 heterocycles. The van der Waals surface area contributed by atoms with E-state index in [1.54, 1.807) is 13.8 Å². The van der Waals surface area contributed by atoms with Crippen molar-refractivity contribution in [3.05, 3.63) is 11.6 Å². The van der Waals surface area contributed by atoms with Crippen LogP contribution in [0, 0.1) is 5.92 Å². The highest BCUT2D eigenvalue weighted by molar-refractivity contribution is 5.79. The predicted octanol–water partition coefficient (Wildman–Crippen LogP) is 0.312. The van der Waals surface area contributed by atoms with Gasteiger partial charge in [-0.3, -0.25) is 4.90 Å². The molecular weight excluding hydrogens is 246 g/mol. The van der Waals surface area contributed by atoms with Crippen molar-refractivity contribution < 1.29 is 19.7 Å². The average molecular weight is 269 g/mol. The zero-order chi connectivity index (χ0) is 14.2. The Hall–Kier alpha value is -0.910. The van der Waals surface area contributed by atoms with Crippen molar-refractivity contribution in [2.24, 2.45) is 5.92 Å². The molecule has 2 aliphatic heterocycles. The van der Waals surface area contributed by atoms with E-state index in [0.717, 1.165) is 25.1 Å². The summed E-state index contributed by atoms with van der Waals surface area (Å²) in [6, 6.07) is -0.0169. The molecule has 2 N–H and O–H groups in total. The molecule has 0 saturated carbocycles. The van der Waals surface area contributed by atoms with Crippen LogP contribution < -0.4 is 0 Å². The van der Waals surface area contributed by atoms with Gasteiger partial charge in [-0.25, -0.2) is 4.79 Å². The highest BCUT2D eigenvalue weighted by atomic mass is 16.5. The monoisotopic (exact) mass is 269 g/mol. The Morgan fingerprint density at radius 1 is 1.63 bits per heavy atom. The van der Waals surface area contributed by atoms with E-state index < -0.39 is 11.6 Å². The average Bonchev–Trinajstić information content (AvgIpc) is 2.90. The maximum atomic E-state index is 11.9. The lowest BCUT2D eigenvalue weighted by Crippen LogP contribution is -2.42. The maximum Gasteiger partial charge on any atom is 0.338 e. The van der Waals surface area contributed by atoms with Gasteiger partial charge in [0, 0.05) is 13.1 Å². The first-order chi connectivity index (χ1) is 8.84. The number of aliphatic hydroxyl groups excluding tert-OH is 1. The number of ether oxygens (including phenoxy) is 1. The highest BCUT2D eigenvalue weighted by Crippen LogP contribution is 2.29. The molecule has 1 fully saturated rings. The van der Waals surface area contributed by atoms with Crippen molar-refractivity contribution in [1.29, 1.82) is 0 Å². The Morgan fingerprint density at radius 2 is 2.32 bits per heavy atom. The number of carbonyl (C=O) groups excluding carboxylic acids is 1. The van der Waals surface area contributed by atoms with Gasteiger partial charge in [0.1, 0.15) is 6.61 Å². The summed E-state index contributed by atoms with van der Waals surface area (Å²) < 4.78 is 5.21. The minimum atomic E-state index is -1.47. The number of hydrogen-bond acceptors (Lipinski definition) is 5. The van der Waals surface area contributed by atoms with Gasteiger partial charge in [-0.15, -0.1) is 0 Å². The van der Waals surface area contributed by atoms with Gasteiger partial charge >= 0.3 is 5.97 Å². The van der Waals surface area contributed by atoms with Crippen LogP contribution in [-0.2, 0) is 9.53 Å². The van der Waals surface area contributed by atoms with Gasteiger partial charge in [0.15, 0.2) is 5.60 Å². The molecule has 2 rings (SSSR count). The lowest BCUT2D eigenvalue weighted by Gasteiger charge is -2.26. The molecule has 0 aromatic heterocycles. The molecule has 0 amide bonds. The quantitative estimate of drug-likeness (QED) is 0.568. The number of aliphatic hydroxyl groups is 2. The van der Waals surface area contributed by atoms with Gasteiger partial charge in [-0.1, -0.05) is 19.9 Å². The smallest absolute Gasteiger partial charge is 0.338 e. The number of nitrogens with zero attached hydrogens (tertiary/aromatic N) is 1. The summed E-state index contributed by atoms with van der Waals surface area (Å²) in [5.74, 6) is -0.805. The number of esters is 1. The van der Waals surface area contributed by atoms with Crippen LogP contribution in [0.4, 0.5) is 0 Å². The van der Waals surface area contributed by atoms with E-state index in [1.807, 2.05) is 6.08 Å². The van der Waals surface area contributed by atoms with Gasteiger partial charge in [0.2, 0.25) is 0 Å². The lowest BCUT2D eigenvalue weighted by atomic mass is 9.93. The van der Waals surface area contributed by atoms with Crippen LogP contribution in [0.1, 0.15) is 27.2 Å². The van der Waals surface area contributed by atoms with E-state index in [1.165, 1.54) is 6.92 Å². The van der Waals surface area contributed by atoms with Crippen LogP contribution in [0.3, 0.4) is 0 Å². The third-order valence-corrected chi connectivity index (χ3v) is 4.35. The molecule has 0 bridgehead atoms. The van der Waals surface area contributed by atoms with Crippen molar-refractivity contribution >= 4 is 5.97 Å². The Labute approximate surface area is 113 Å². The molecule has 5 heteroatoms. The van der Waals surface area contributed by atoms with E-state index in [4.69, 9.17) is 4.74 Å². The fourth-order valence-corrected chi connectivity index (χ4v) is 2.56. The summed E-state index contributed by atoms with van der Waals surface area (Å²) >= 11 is 0. The van der Waals surface area contributed by atoms with Gasteiger partial charge in [-0.2, -0.15) is 0 Å². The molecule has 3 atom stereocenters. The normalized spacial score (nSPS) is 30.1. The van der Waals surface area contributed by atoms with E-state index in [0.29, 0.717) is 0 Å². The van der Waals surface area contributed by atoms with Crippen LogP contribution in [0.15, 0.2) is 11.6 Å². The van der Waals surface area contributed by atoms with Crippen LogP contribution in [0.25, 0.3) is 0 Å². The minimum absolute atomic E-state index is 0.0169. The van der Waals surface area contributed by atoms with Crippen molar-refractivity contribution in [2.75, 3.05) is 19.7 Å². The summed E-state index contributed by atoms with van der Waals surface area (Å²) in [5, 5.41) is 19.9. The molecule has 0 aromatic carbocycles. The summed E-state index contributed by atoms with van der Waals surface area (Å²) in [5.41, 5.74) is -0.523. The molecule has 19 heavy (non-hydrogen) atoms. The number of carbonyl (C=O) groups is 1. The van der Waals surface area contributed by atoms with Gasteiger partial charge in [0.05, 0.1) is 12.1 Å². The third-order valence-electron chi connectivity index (χ3n) is 4.35. The Balaban J connectivity index is 1.91. The van der Waals surface area contributed by atoms with Gasteiger partial charge < -0.3 is 14.9 Å². The van der Waals surface area contributed by atoms with Crippen molar-refractivity contribution in [2.45, 2.75) is 44.9 Å².